The second-order valence-corrected chi connectivity index (χ2v) is 4.49. The van der Waals surface area contributed by atoms with Crippen molar-refractivity contribution in [3.05, 3.63) is 35.9 Å². The molecule has 1 amide bonds. The van der Waals surface area contributed by atoms with Gasteiger partial charge in [0.05, 0.1) is 6.10 Å². The van der Waals surface area contributed by atoms with Crippen LogP contribution in [0.1, 0.15) is 25.8 Å². The van der Waals surface area contributed by atoms with E-state index in [1.54, 1.807) is 25.1 Å². The number of aliphatic hydroxyl groups excluding tert-OH is 1. The number of hydrogen-bond acceptors (Lipinski definition) is 3. The molecule has 18 heavy (non-hydrogen) atoms. The Labute approximate surface area is 108 Å². The molecule has 0 aliphatic rings. The lowest BCUT2D eigenvalue weighted by Crippen LogP contribution is -2.33. The zero-order chi connectivity index (χ0) is 13.5. The predicted octanol–water partition coefficient (Wildman–Crippen LogP) is 1.56. The fourth-order valence-electron chi connectivity index (χ4n) is 1.64. The molecular formula is C14H20N2O2. The average molecular weight is 248 g/mol. The van der Waals surface area contributed by atoms with Crippen LogP contribution in [0, 0.1) is 0 Å². The molecule has 0 aliphatic heterocycles. The number of nitrogens with one attached hydrogen (secondary N) is 1. The molecule has 2 unspecified atom stereocenters. The Morgan fingerprint density at radius 1 is 1.39 bits per heavy atom. The van der Waals surface area contributed by atoms with Crippen molar-refractivity contribution in [1.82, 2.24) is 5.32 Å². The highest BCUT2D eigenvalue weighted by Gasteiger charge is 2.07. The maximum Gasteiger partial charge on any atom is 0.244 e. The maximum absolute atomic E-state index is 11.6. The van der Waals surface area contributed by atoms with Gasteiger partial charge in [-0.25, -0.2) is 0 Å². The molecule has 0 fully saturated rings. The fourth-order valence-corrected chi connectivity index (χ4v) is 1.64. The van der Waals surface area contributed by atoms with Crippen molar-refractivity contribution in [2.24, 2.45) is 0 Å². The van der Waals surface area contributed by atoms with Crippen LogP contribution in [0.15, 0.2) is 30.3 Å². The molecule has 1 aromatic carbocycles. The van der Waals surface area contributed by atoms with Crippen LogP contribution in [0.2, 0.25) is 0 Å². The van der Waals surface area contributed by atoms with Crippen molar-refractivity contribution in [2.45, 2.75) is 32.4 Å². The molecular weight excluding hydrogens is 228 g/mol. The zero-order valence-electron chi connectivity index (χ0n) is 10.8. The lowest BCUT2D eigenvalue weighted by atomic mass is 10.1. The minimum atomic E-state index is -0.415. The van der Waals surface area contributed by atoms with E-state index < -0.39 is 6.10 Å². The normalized spacial score (nSPS) is 14.4. The van der Waals surface area contributed by atoms with Gasteiger partial charge in [-0.3, -0.25) is 4.79 Å². The molecule has 0 bridgehead atoms. The summed E-state index contributed by atoms with van der Waals surface area (Å²) >= 11 is 0. The van der Waals surface area contributed by atoms with E-state index in [2.05, 4.69) is 5.32 Å². The van der Waals surface area contributed by atoms with Gasteiger partial charge in [0.25, 0.3) is 0 Å². The maximum atomic E-state index is 11.6. The fraction of sp³-hybridized carbons (Fsp3) is 0.357. The summed E-state index contributed by atoms with van der Waals surface area (Å²) in [5, 5.41) is 12.0. The third-order valence-electron chi connectivity index (χ3n) is 2.45. The van der Waals surface area contributed by atoms with Crippen LogP contribution in [-0.2, 0) is 4.79 Å². The van der Waals surface area contributed by atoms with E-state index in [0.29, 0.717) is 12.1 Å². The first kappa shape index (κ1) is 14.3. The molecule has 2 atom stereocenters. The standard InChI is InChI=1S/C14H20N2O2/c1-10(9-11(2)17)16-14(18)8-5-12-3-6-13(15)7-4-12/h3-8,10-11,17H,9,15H2,1-2H3,(H,16,18)/b8-5+. The van der Waals surface area contributed by atoms with Crippen LogP contribution >= 0.6 is 0 Å². The SMILES string of the molecule is CC(O)CC(C)NC(=O)/C=C/c1ccc(N)cc1. The number of carbonyl (C=O) groups is 1. The Balaban J connectivity index is 2.46. The first-order chi connectivity index (χ1) is 8.47. The summed E-state index contributed by atoms with van der Waals surface area (Å²) in [6, 6.07) is 7.21. The second kappa shape index (κ2) is 6.81. The van der Waals surface area contributed by atoms with Gasteiger partial charge in [0.1, 0.15) is 0 Å². The van der Waals surface area contributed by atoms with E-state index in [0.717, 1.165) is 5.56 Å². The quantitative estimate of drug-likeness (QED) is 0.546. The summed E-state index contributed by atoms with van der Waals surface area (Å²) in [4.78, 5) is 11.6. The number of anilines is 1. The molecule has 0 saturated carbocycles. The largest absolute Gasteiger partial charge is 0.399 e. The summed E-state index contributed by atoms with van der Waals surface area (Å²) < 4.78 is 0. The summed E-state index contributed by atoms with van der Waals surface area (Å²) in [6.07, 6.45) is 3.33. The van der Waals surface area contributed by atoms with Crippen molar-refractivity contribution in [1.29, 1.82) is 0 Å². The van der Waals surface area contributed by atoms with E-state index in [4.69, 9.17) is 5.73 Å². The summed E-state index contributed by atoms with van der Waals surface area (Å²) in [6.45, 7) is 3.56. The number of nitrogens with two attached hydrogens (primary N) is 1. The molecule has 4 nitrogen and oxygen atoms in total. The summed E-state index contributed by atoms with van der Waals surface area (Å²) in [5.41, 5.74) is 7.18. The van der Waals surface area contributed by atoms with E-state index in [9.17, 15) is 9.90 Å². The summed E-state index contributed by atoms with van der Waals surface area (Å²) in [5.74, 6) is -0.167. The monoisotopic (exact) mass is 248 g/mol. The van der Waals surface area contributed by atoms with Gasteiger partial charge in [-0.05, 0) is 44.0 Å². The Bertz CT molecular complexity index is 410. The van der Waals surface area contributed by atoms with Crippen LogP contribution < -0.4 is 11.1 Å². The topological polar surface area (TPSA) is 75.3 Å². The zero-order valence-corrected chi connectivity index (χ0v) is 10.8. The van der Waals surface area contributed by atoms with Crippen molar-refractivity contribution in [2.75, 3.05) is 5.73 Å². The Morgan fingerprint density at radius 3 is 2.56 bits per heavy atom. The van der Waals surface area contributed by atoms with Crippen molar-refractivity contribution in [3.63, 3.8) is 0 Å². The minimum Gasteiger partial charge on any atom is -0.399 e. The first-order valence-electron chi connectivity index (χ1n) is 5.99. The van der Waals surface area contributed by atoms with E-state index >= 15 is 0 Å². The smallest absolute Gasteiger partial charge is 0.244 e. The van der Waals surface area contributed by atoms with E-state index in [1.807, 2.05) is 19.1 Å². The minimum absolute atomic E-state index is 0.0476. The molecule has 4 N–H and O–H groups in total. The Hall–Kier alpha value is -1.81. The van der Waals surface area contributed by atoms with Gasteiger partial charge in [-0.1, -0.05) is 12.1 Å². The highest BCUT2D eigenvalue weighted by Crippen LogP contribution is 2.06. The first-order valence-corrected chi connectivity index (χ1v) is 5.99. The van der Waals surface area contributed by atoms with Crippen LogP contribution in [-0.4, -0.2) is 23.2 Å². The molecule has 1 rings (SSSR count). The molecule has 0 aliphatic carbocycles. The van der Waals surface area contributed by atoms with Crippen LogP contribution in [0.5, 0.6) is 0 Å². The number of amides is 1. The third-order valence-corrected chi connectivity index (χ3v) is 2.45. The van der Waals surface area contributed by atoms with Gasteiger partial charge in [0, 0.05) is 17.8 Å². The lowest BCUT2D eigenvalue weighted by Gasteiger charge is -2.13. The van der Waals surface area contributed by atoms with Crippen molar-refractivity contribution in [3.8, 4) is 0 Å². The molecule has 1 aromatic rings. The molecule has 0 spiro atoms. The van der Waals surface area contributed by atoms with Gasteiger partial charge in [-0.2, -0.15) is 0 Å². The number of rotatable bonds is 5. The molecule has 0 aromatic heterocycles. The molecule has 0 saturated heterocycles. The van der Waals surface area contributed by atoms with Crippen LogP contribution in [0.25, 0.3) is 6.08 Å². The number of nitrogen functional groups attached to an aromatic ring is 1. The molecule has 4 heteroatoms. The van der Waals surface area contributed by atoms with Gasteiger partial charge < -0.3 is 16.2 Å². The van der Waals surface area contributed by atoms with Gasteiger partial charge in [0.2, 0.25) is 5.91 Å². The van der Waals surface area contributed by atoms with Gasteiger partial charge in [0.15, 0.2) is 0 Å². The summed E-state index contributed by atoms with van der Waals surface area (Å²) in [7, 11) is 0. The molecule has 0 heterocycles. The number of benzene rings is 1. The molecule has 0 radical (unpaired) electrons. The van der Waals surface area contributed by atoms with E-state index in [-0.39, 0.29) is 11.9 Å². The third kappa shape index (κ3) is 5.50. The predicted molar refractivity (Wildman–Crippen MR) is 73.8 cm³/mol. The Kier molecular flexibility index (Phi) is 5.39. The van der Waals surface area contributed by atoms with Crippen LogP contribution in [0.3, 0.4) is 0 Å². The van der Waals surface area contributed by atoms with Crippen molar-refractivity contribution >= 4 is 17.7 Å². The van der Waals surface area contributed by atoms with Gasteiger partial charge in [-0.15, -0.1) is 0 Å². The number of carbonyl (C=O) groups excluding carboxylic acids is 1. The van der Waals surface area contributed by atoms with E-state index in [1.165, 1.54) is 6.08 Å². The average Bonchev–Trinajstić information content (AvgIpc) is 2.27. The van der Waals surface area contributed by atoms with Gasteiger partial charge >= 0.3 is 0 Å². The Morgan fingerprint density at radius 2 is 2.00 bits per heavy atom. The lowest BCUT2D eigenvalue weighted by molar-refractivity contribution is -0.117. The highest BCUT2D eigenvalue weighted by atomic mass is 16.3. The highest BCUT2D eigenvalue weighted by molar-refractivity contribution is 5.91. The number of hydrogen-bond donors (Lipinski definition) is 3. The van der Waals surface area contributed by atoms with Crippen molar-refractivity contribution < 1.29 is 9.90 Å². The molecule has 98 valence electrons. The second-order valence-electron chi connectivity index (χ2n) is 4.49. The number of aliphatic hydroxyl groups is 1. The van der Waals surface area contributed by atoms with Crippen LogP contribution in [0.4, 0.5) is 5.69 Å².